The van der Waals surface area contributed by atoms with Crippen LogP contribution in [0.25, 0.3) is 0 Å². The molecule has 9 nitrogen and oxygen atoms in total. The van der Waals surface area contributed by atoms with E-state index in [1.807, 2.05) is 0 Å². The van der Waals surface area contributed by atoms with Crippen molar-refractivity contribution in [3.63, 3.8) is 0 Å². The van der Waals surface area contributed by atoms with Crippen molar-refractivity contribution in [2.45, 2.75) is 0 Å². The Hall–Kier alpha value is -4.40. The van der Waals surface area contributed by atoms with Gasteiger partial charge in [-0.3, -0.25) is 19.8 Å². The molecule has 0 heterocycles. The number of ether oxygens (including phenoxy) is 1. The number of phenolic OH excluding ortho intramolecular Hbond substituents is 1. The number of hydrogen-bond donors (Lipinski definition) is 2. The highest BCUT2D eigenvalue weighted by atomic mass is 16.6. The number of ketones is 1. The van der Waals surface area contributed by atoms with E-state index in [0.29, 0.717) is 10.5 Å². The quantitative estimate of drug-likeness (QED) is 0.350. The smallest absolute Gasteiger partial charge is 0.411 e. The Morgan fingerprint density at radius 2 is 1.63 bits per heavy atom. The number of aromatic hydroxyl groups is 1. The Kier molecular flexibility index (Phi) is 5.63. The van der Waals surface area contributed by atoms with Crippen molar-refractivity contribution in [2.75, 3.05) is 11.9 Å². The zero-order chi connectivity index (χ0) is 21.8. The van der Waals surface area contributed by atoms with Crippen LogP contribution < -0.4 is 9.64 Å². The molecule has 0 aliphatic carbocycles. The van der Waals surface area contributed by atoms with Gasteiger partial charge in [-0.05, 0) is 18.2 Å². The summed E-state index contributed by atoms with van der Waals surface area (Å²) >= 11 is 0. The Labute approximate surface area is 170 Å². The molecule has 0 aromatic heterocycles. The normalized spacial score (nSPS) is 10.3. The minimum atomic E-state index is -1.38. The lowest BCUT2D eigenvalue weighted by atomic mass is 10.0. The molecule has 0 spiro atoms. The third-order valence-corrected chi connectivity index (χ3v) is 4.28. The van der Waals surface area contributed by atoms with Gasteiger partial charge in [0.2, 0.25) is 0 Å². The average molecular weight is 408 g/mol. The molecule has 3 aromatic rings. The second-order valence-electron chi connectivity index (χ2n) is 6.23. The highest BCUT2D eigenvalue weighted by Crippen LogP contribution is 2.35. The fraction of sp³-hybridized carbons (Fsp3) is 0.0476. The standard InChI is InChI=1S/C21H16N2O7/c1-22(21(26)27)18-11-14(8-10-17(18)23(28)29)30-15-7-9-16(19(24)12-15)20(25)13-5-3-2-4-6-13/h2-12,24H,1H3,(H,26,27). The summed E-state index contributed by atoms with van der Waals surface area (Å²) in [7, 11) is 1.17. The summed E-state index contributed by atoms with van der Waals surface area (Å²) in [6, 6.07) is 16.2. The maximum Gasteiger partial charge on any atom is 0.411 e. The van der Waals surface area contributed by atoms with Crippen LogP contribution >= 0.6 is 0 Å². The van der Waals surface area contributed by atoms with E-state index in [0.717, 1.165) is 6.07 Å². The Morgan fingerprint density at radius 3 is 2.23 bits per heavy atom. The van der Waals surface area contributed by atoms with Crippen molar-refractivity contribution in [1.29, 1.82) is 0 Å². The van der Waals surface area contributed by atoms with Crippen LogP contribution in [0.2, 0.25) is 0 Å². The maximum absolute atomic E-state index is 12.5. The van der Waals surface area contributed by atoms with E-state index in [1.165, 1.54) is 37.4 Å². The van der Waals surface area contributed by atoms with Crippen LogP contribution in [0.4, 0.5) is 16.2 Å². The molecule has 0 atom stereocenters. The van der Waals surface area contributed by atoms with E-state index in [1.54, 1.807) is 30.3 Å². The molecular formula is C21H16N2O7. The van der Waals surface area contributed by atoms with Gasteiger partial charge in [-0.15, -0.1) is 0 Å². The van der Waals surface area contributed by atoms with Crippen molar-refractivity contribution < 1.29 is 29.5 Å². The van der Waals surface area contributed by atoms with E-state index < -0.39 is 16.7 Å². The van der Waals surface area contributed by atoms with Crippen LogP contribution in [0.5, 0.6) is 17.2 Å². The van der Waals surface area contributed by atoms with Gasteiger partial charge < -0.3 is 14.9 Å². The van der Waals surface area contributed by atoms with E-state index in [4.69, 9.17) is 9.84 Å². The lowest BCUT2D eigenvalue weighted by molar-refractivity contribution is -0.384. The van der Waals surface area contributed by atoms with E-state index >= 15 is 0 Å². The first-order valence-corrected chi connectivity index (χ1v) is 8.63. The van der Waals surface area contributed by atoms with Gasteiger partial charge in [-0.1, -0.05) is 30.3 Å². The molecule has 1 amide bonds. The number of nitro groups is 1. The van der Waals surface area contributed by atoms with Crippen molar-refractivity contribution in [3.05, 3.63) is 88.0 Å². The lowest BCUT2D eigenvalue weighted by Crippen LogP contribution is -2.24. The van der Waals surface area contributed by atoms with Crippen LogP contribution in [0.15, 0.2) is 66.7 Å². The zero-order valence-corrected chi connectivity index (χ0v) is 15.7. The molecule has 0 saturated heterocycles. The molecule has 0 fully saturated rings. The first-order chi connectivity index (χ1) is 14.3. The van der Waals surface area contributed by atoms with Crippen LogP contribution in [-0.4, -0.2) is 34.1 Å². The van der Waals surface area contributed by atoms with Gasteiger partial charge in [0.1, 0.15) is 22.9 Å². The van der Waals surface area contributed by atoms with E-state index in [-0.39, 0.29) is 34.3 Å². The highest BCUT2D eigenvalue weighted by Gasteiger charge is 2.22. The third kappa shape index (κ3) is 4.20. The number of anilines is 1. The first-order valence-electron chi connectivity index (χ1n) is 8.63. The molecule has 30 heavy (non-hydrogen) atoms. The average Bonchev–Trinajstić information content (AvgIpc) is 2.73. The predicted molar refractivity (Wildman–Crippen MR) is 108 cm³/mol. The maximum atomic E-state index is 12.5. The summed E-state index contributed by atoms with van der Waals surface area (Å²) in [4.78, 5) is 34.9. The number of amides is 1. The number of benzene rings is 3. The number of carbonyl (C=O) groups is 2. The Balaban J connectivity index is 1.89. The minimum absolute atomic E-state index is 0.0866. The third-order valence-electron chi connectivity index (χ3n) is 4.28. The van der Waals surface area contributed by atoms with Gasteiger partial charge >= 0.3 is 6.09 Å². The van der Waals surface area contributed by atoms with Crippen LogP contribution in [0.1, 0.15) is 15.9 Å². The highest BCUT2D eigenvalue weighted by molar-refractivity contribution is 6.10. The molecule has 3 aromatic carbocycles. The van der Waals surface area contributed by atoms with Crippen LogP contribution in [-0.2, 0) is 0 Å². The van der Waals surface area contributed by atoms with E-state index in [9.17, 15) is 24.8 Å². The number of rotatable bonds is 6. The summed E-state index contributed by atoms with van der Waals surface area (Å²) < 4.78 is 5.59. The second-order valence-corrected chi connectivity index (χ2v) is 6.23. The Morgan fingerprint density at radius 1 is 1.00 bits per heavy atom. The molecule has 0 aliphatic rings. The molecule has 0 unspecified atom stereocenters. The van der Waals surface area contributed by atoms with Crippen molar-refractivity contribution in [1.82, 2.24) is 0 Å². The second kappa shape index (κ2) is 8.31. The number of phenols is 1. The first kappa shape index (κ1) is 20.3. The van der Waals surface area contributed by atoms with Gasteiger partial charge in [-0.2, -0.15) is 0 Å². The van der Waals surface area contributed by atoms with Gasteiger partial charge in [0.05, 0.1) is 10.5 Å². The number of nitrogens with zero attached hydrogens (tertiary/aromatic N) is 2. The molecular weight excluding hydrogens is 392 g/mol. The summed E-state index contributed by atoms with van der Waals surface area (Å²) in [6.07, 6.45) is -1.38. The fourth-order valence-corrected chi connectivity index (χ4v) is 2.74. The van der Waals surface area contributed by atoms with Crippen molar-refractivity contribution in [2.24, 2.45) is 0 Å². The van der Waals surface area contributed by atoms with Crippen LogP contribution in [0, 0.1) is 10.1 Å². The predicted octanol–water partition coefficient (Wildman–Crippen LogP) is 4.44. The van der Waals surface area contributed by atoms with Crippen molar-refractivity contribution >= 4 is 23.3 Å². The number of hydrogen-bond acceptors (Lipinski definition) is 6. The fourth-order valence-electron chi connectivity index (χ4n) is 2.74. The number of carbonyl (C=O) groups excluding carboxylic acids is 1. The molecule has 152 valence electrons. The molecule has 3 rings (SSSR count). The van der Waals surface area contributed by atoms with E-state index in [2.05, 4.69) is 0 Å². The van der Waals surface area contributed by atoms with Gasteiger partial charge in [0.25, 0.3) is 5.69 Å². The number of nitro benzene ring substituents is 1. The summed E-state index contributed by atoms with van der Waals surface area (Å²) in [6.45, 7) is 0. The van der Waals surface area contributed by atoms with Gasteiger partial charge in [0, 0.05) is 30.8 Å². The monoisotopic (exact) mass is 408 g/mol. The molecule has 2 N–H and O–H groups in total. The summed E-state index contributed by atoms with van der Waals surface area (Å²) in [5.41, 5.74) is -0.0780. The SMILES string of the molecule is CN(C(=O)O)c1cc(Oc2ccc(C(=O)c3ccccc3)c(O)c2)ccc1[N+](=O)[O-]. The molecule has 0 bridgehead atoms. The molecule has 0 radical (unpaired) electrons. The Bertz CT molecular complexity index is 1130. The summed E-state index contributed by atoms with van der Waals surface area (Å²) in [5.74, 6) is -0.383. The number of carboxylic acid groups (broad SMARTS) is 1. The molecule has 0 aliphatic heterocycles. The van der Waals surface area contributed by atoms with Crippen molar-refractivity contribution in [3.8, 4) is 17.2 Å². The molecule has 0 saturated carbocycles. The molecule has 9 heteroatoms. The van der Waals surface area contributed by atoms with Gasteiger partial charge in [0.15, 0.2) is 5.78 Å². The lowest BCUT2D eigenvalue weighted by Gasteiger charge is -2.15. The zero-order valence-electron chi connectivity index (χ0n) is 15.7. The summed E-state index contributed by atoms with van der Waals surface area (Å²) in [5, 5.41) is 30.6. The van der Waals surface area contributed by atoms with Gasteiger partial charge in [-0.25, -0.2) is 4.79 Å². The van der Waals surface area contributed by atoms with Crippen LogP contribution in [0.3, 0.4) is 0 Å². The topological polar surface area (TPSA) is 130 Å². The minimum Gasteiger partial charge on any atom is -0.507 e. The largest absolute Gasteiger partial charge is 0.507 e.